The molecule has 4 aromatic rings. The van der Waals surface area contributed by atoms with Gasteiger partial charge in [-0.2, -0.15) is 4.98 Å². The van der Waals surface area contributed by atoms with Crippen molar-refractivity contribution in [2.75, 3.05) is 24.7 Å². The molecule has 0 aliphatic carbocycles. The summed E-state index contributed by atoms with van der Waals surface area (Å²) in [6, 6.07) is 0. The molecular formula is C20H24F2N10O8P2S3. The molecule has 0 radical (unpaired) electrons. The van der Waals surface area contributed by atoms with Crippen LogP contribution < -0.4 is 17.0 Å². The number of fused-ring (bicyclic) bond motifs is 2. The van der Waals surface area contributed by atoms with Gasteiger partial charge in [-0.15, -0.1) is 11.8 Å². The predicted molar refractivity (Wildman–Crippen MR) is 163 cm³/mol. The molecule has 9 atom stereocenters. The highest BCUT2D eigenvalue weighted by molar-refractivity contribution is 8.33. The average Bonchev–Trinajstić information content (AvgIpc) is 3.74. The summed E-state index contributed by atoms with van der Waals surface area (Å²) in [7, 11) is -0.139. The Morgan fingerprint density at radius 2 is 1.87 bits per heavy atom. The van der Waals surface area contributed by atoms with Gasteiger partial charge in [-0.25, -0.2) is 28.7 Å². The zero-order valence-corrected chi connectivity index (χ0v) is 26.7. The fourth-order valence-electron chi connectivity index (χ4n) is 4.78. The van der Waals surface area contributed by atoms with Crippen LogP contribution in [-0.2, 0) is 30.2 Å². The summed E-state index contributed by atoms with van der Waals surface area (Å²) in [5.41, 5.74) is 11.1. The number of thiol groups is 1. The average molecular weight is 729 g/mol. The molecule has 2 aliphatic heterocycles. The summed E-state index contributed by atoms with van der Waals surface area (Å²) in [6.45, 7) is -5.48. The summed E-state index contributed by atoms with van der Waals surface area (Å²) < 4.78 is 58.4. The highest BCUT2D eigenvalue weighted by atomic mass is 32.7. The van der Waals surface area contributed by atoms with E-state index in [9.17, 15) is 19.9 Å². The van der Waals surface area contributed by atoms with Crippen LogP contribution in [0.3, 0.4) is 0 Å². The van der Waals surface area contributed by atoms with Crippen LogP contribution in [0.25, 0.3) is 22.3 Å². The molecule has 0 amide bonds. The Morgan fingerprint density at radius 1 is 1.18 bits per heavy atom. The maximum absolute atomic E-state index is 15.4. The molecule has 1 unspecified atom stereocenters. The van der Waals surface area contributed by atoms with Gasteiger partial charge in [-0.3, -0.25) is 28.0 Å². The molecule has 18 nitrogen and oxygen atoms in total. The van der Waals surface area contributed by atoms with Crippen LogP contribution in [0.1, 0.15) is 11.6 Å². The van der Waals surface area contributed by atoms with E-state index in [2.05, 4.69) is 42.2 Å². The fourth-order valence-corrected chi connectivity index (χ4v) is 7.67. The molecule has 2 fully saturated rings. The largest absolute Gasteiger partial charge is 0.395 e. The van der Waals surface area contributed by atoms with Gasteiger partial charge >= 0.3 is 6.72 Å². The Bertz CT molecular complexity index is 1800. The molecule has 8 N–H and O–H groups in total. The Kier molecular flexibility index (Phi) is 10.4. The van der Waals surface area contributed by atoms with E-state index in [-0.39, 0.29) is 41.8 Å². The zero-order valence-electron chi connectivity index (χ0n) is 22.3. The number of ether oxygens (including phenoxy) is 1. The number of aliphatic hydroxyl groups excluding tert-OH is 2. The van der Waals surface area contributed by atoms with E-state index in [1.54, 1.807) is 0 Å². The Hall–Kier alpha value is -2.43. The Balaban J connectivity index is 0.00000128. The number of nitrogens with one attached hydrogen (secondary N) is 1. The molecule has 6 rings (SSSR count). The van der Waals surface area contributed by atoms with Gasteiger partial charge in [0.05, 0.1) is 31.1 Å². The standard InChI is InChI=1S/C20H23F2N10O7PS2.HOPS/c21-8-7(1-33)42-19(32-5-28-11-16(32)29-20(24)30-17(11)35)13(8)39-40(36,41)37-2-6-12(34)9(22)18(38-6)31-4-27-10-14(23)25-3-26-15(10)31;1-2-3/h3-9,12-13,18-19,33-34H,1-2H2,(H,36,41)(H2,23,25,26)(H3,24,29,30,35);(H,1,3)/t6-,7-,8+,9+,12-,13-,18-,19-,40?;/m1./s1. The smallest absolute Gasteiger partial charge is 0.325 e. The predicted octanol–water partition coefficient (Wildman–Crippen LogP) is 0.406. The van der Waals surface area contributed by atoms with Crippen molar-refractivity contribution in [1.29, 1.82) is 0 Å². The summed E-state index contributed by atoms with van der Waals surface area (Å²) in [6.07, 6.45) is -6.10. The van der Waals surface area contributed by atoms with Crippen molar-refractivity contribution in [2.45, 2.75) is 47.5 Å². The maximum Gasteiger partial charge on any atom is 0.325 e. The number of rotatable bonds is 8. The van der Waals surface area contributed by atoms with Crippen LogP contribution in [0.2, 0.25) is 0 Å². The first-order valence-electron chi connectivity index (χ1n) is 12.6. The number of nitrogen functional groups attached to an aromatic ring is 2. The van der Waals surface area contributed by atoms with E-state index in [1.165, 1.54) is 21.8 Å². The van der Waals surface area contributed by atoms with Gasteiger partial charge in [-0.1, -0.05) is 12.2 Å². The molecule has 4 aromatic heterocycles. The number of hydrogen-bond donors (Lipinski definition) is 7. The molecule has 0 spiro atoms. The number of alkyl halides is 2. The third-order valence-corrected chi connectivity index (χ3v) is 9.87. The number of imidazole rings is 2. The van der Waals surface area contributed by atoms with Gasteiger partial charge < -0.3 is 35.8 Å². The van der Waals surface area contributed by atoms with Crippen molar-refractivity contribution in [2.24, 2.45) is 0 Å². The first-order chi connectivity index (χ1) is 21.4. The third-order valence-electron chi connectivity index (χ3n) is 6.78. The zero-order chi connectivity index (χ0) is 32.6. The van der Waals surface area contributed by atoms with E-state index in [0.717, 1.165) is 18.1 Å². The minimum absolute atomic E-state index is 0.0156. The van der Waals surface area contributed by atoms with Crippen LogP contribution in [0, 0.1) is 0 Å². The van der Waals surface area contributed by atoms with Gasteiger partial charge in [0.25, 0.3) is 5.56 Å². The number of halogens is 2. The lowest BCUT2D eigenvalue weighted by molar-refractivity contribution is -0.0461. The van der Waals surface area contributed by atoms with Gasteiger partial charge in [0.15, 0.2) is 35.0 Å². The molecule has 2 aliphatic rings. The van der Waals surface area contributed by atoms with Gasteiger partial charge in [0, 0.05) is 0 Å². The number of aliphatic hydroxyl groups is 2. The molecular weight excluding hydrogens is 704 g/mol. The van der Waals surface area contributed by atoms with Gasteiger partial charge in [0.1, 0.15) is 41.7 Å². The van der Waals surface area contributed by atoms with Crippen molar-refractivity contribution >= 4 is 84.3 Å². The van der Waals surface area contributed by atoms with E-state index in [1.807, 2.05) is 0 Å². The lowest BCUT2D eigenvalue weighted by Gasteiger charge is -2.27. The van der Waals surface area contributed by atoms with Crippen molar-refractivity contribution in [3.63, 3.8) is 0 Å². The molecule has 2 saturated heterocycles. The second-order valence-electron chi connectivity index (χ2n) is 9.47. The second-order valence-corrected chi connectivity index (χ2v) is 14.3. The first-order valence-corrected chi connectivity index (χ1v) is 18.1. The Morgan fingerprint density at radius 3 is 2.58 bits per heavy atom. The van der Waals surface area contributed by atoms with Gasteiger partial charge in [-0.05, 0) is 11.8 Å². The van der Waals surface area contributed by atoms with E-state index < -0.39 is 73.0 Å². The fraction of sp³-hybridized carbons (Fsp3) is 0.500. The minimum Gasteiger partial charge on any atom is -0.395 e. The van der Waals surface area contributed by atoms with Crippen molar-refractivity contribution in [3.8, 4) is 0 Å². The number of aromatic nitrogens is 8. The highest BCUT2D eigenvalue weighted by Crippen LogP contribution is 2.54. The topological polar surface area (TPSA) is 265 Å². The quantitative estimate of drug-likeness (QED) is 0.0956. The number of H-pyrrole nitrogens is 1. The second kappa shape index (κ2) is 13.7. The molecule has 45 heavy (non-hydrogen) atoms. The molecule has 25 heteroatoms. The number of thioether (sulfide) groups is 1. The van der Waals surface area contributed by atoms with E-state index in [4.69, 9.17) is 41.6 Å². The molecule has 0 aromatic carbocycles. The molecule has 0 saturated carbocycles. The molecule has 0 bridgehead atoms. The number of nitrogens with zero attached hydrogens (tertiary/aromatic N) is 7. The summed E-state index contributed by atoms with van der Waals surface area (Å²) in [4.78, 5) is 45.3. The Labute approximate surface area is 266 Å². The molecule has 244 valence electrons. The summed E-state index contributed by atoms with van der Waals surface area (Å²) in [5, 5.41) is 18.2. The highest BCUT2D eigenvalue weighted by Gasteiger charge is 2.50. The van der Waals surface area contributed by atoms with Gasteiger partial charge in [0.2, 0.25) is 13.6 Å². The van der Waals surface area contributed by atoms with Crippen molar-refractivity contribution < 1.29 is 42.2 Å². The van der Waals surface area contributed by atoms with E-state index >= 15 is 8.78 Å². The number of nitrogens with two attached hydrogens (primary N) is 2. The van der Waals surface area contributed by atoms with Crippen LogP contribution in [0.5, 0.6) is 0 Å². The normalized spacial score (nSPS) is 29.6. The maximum atomic E-state index is 15.4. The summed E-state index contributed by atoms with van der Waals surface area (Å²) in [5.74, 6) is -0.140. The third kappa shape index (κ3) is 6.70. The SMILES string of the molecule is Nc1nc2c(ncn2[C@@H]2S[C@H](CO)[C@H](F)[C@H]2OP(O)(=S)OC[C@H]2O[C@@H](n3cnc4c(N)ncnc43)[C@@H](F)[C@@H]2O)c(=O)[nH]1.O=PS. The monoisotopic (exact) mass is 728 g/mol. The number of anilines is 2. The van der Waals surface area contributed by atoms with Crippen LogP contribution in [0.4, 0.5) is 20.5 Å². The van der Waals surface area contributed by atoms with Crippen LogP contribution >= 0.6 is 38.4 Å². The first kappa shape index (κ1) is 33.9. The van der Waals surface area contributed by atoms with Crippen molar-refractivity contribution in [3.05, 3.63) is 29.3 Å². The van der Waals surface area contributed by atoms with Crippen LogP contribution in [0.15, 0.2) is 23.8 Å². The van der Waals surface area contributed by atoms with Crippen molar-refractivity contribution in [1.82, 2.24) is 39.0 Å². The van der Waals surface area contributed by atoms with E-state index in [0.29, 0.717) is 0 Å². The molecule has 6 heterocycles. The number of aromatic amines is 1. The number of hydrogen-bond acceptors (Lipinski definition) is 16. The summed E-state index contributed by atoms with van der Waals surface area (Å²) >= 11 is 9.25. The lowest BCUT2D eigenvalue weighted by atomic mass is 10.1. The minimum atomic E-state index is -4.28. The van der Waals surface area contributed by atoms with Crippen LogP contribution in [-0.4, -0.2) is 103 Å². The lowest BCUT2D eigenvalue weighted by Crippen LogP contribution is -2.33.